The van der Waals surface area contributed by atoms with Gasteiger partial charge in [0.25, 0.3) is 0 Å². The summed E-state index contributed by atoms with van der Waals surface area (Å²) in [6, 6.07) is 14.1. The van der Waals surface area contributed by atoms with Gasteiger partial charge in [-0.1, -0.05) is 35.9 Å². The molecule has 1 atom stereocenters. The SMILES string of the molecule is CC(C)OC(Cc1ccc(COC(=O)[NH2+]c2ccc(Cl)cc2)cc1)C(=O)O. The Hall–Kier alpha value is -2.41. The van der Waals surface area contributed by atoms with E-state index in [1.54, 1.807) is 50.2 Å². The highest BCUT2D eigenvalue weighted by Crippen LogP contribution is 2.12. The van der Waals surface area contributed by atoms with E-state index >= 15 is 0 Å². The van der Waals surface area contributed by atoms with Crippen LogP contribution in [0.5, 0.6) is 0 Å². The van der Waals surface area contributed by atoms with Crippen LogP contribution in [0.1, 0.15) is 25.0 Å². The zero-order chi connectivity index (χ0) is 19.8. The number of hydrogen-bond donors (Lipinski definition) is 2. The van der Waals surface area contributed by atoms with E-state index < -0.39 is 18.2 Å². The number of rotatable bonds is 8. The molecule has 0 aliphatic carbocycles. The smallest absolute Gasteiger partial charge is 0.479 e. The summed E-state index contributed by atoms with van der Waals surface area (Å²) in [5.41, 5.74) is 2.36. The van der Waals surface area contributed by atoms with Gasteiger partial charge in [0, 0.05) is 23.6 Å². The molecule has 144 valence electrons. The van der Waals surface area contributed by atoms with Crippen molar-refractivity contribution >= 4 is 29.4 Å². The van der Waals surface area contributed by atoms with E-state index in [2.05, 4.69) is 0 Å². The lowest BCUT2D eigenvalue weighted by Crippen LogP contribution is -2.82. The Balaban J connectivity index is 1.85. The van der Waals surface area contributed by atoms with Crippen LogP contribution < -0.4 is 5.32 Å². The molecule has 0 radical (unpaired) electrons. The first-order valence-electron chi connectivity index (χ1n) is 8.56. The van der Waals surface area contributed by atoms with E-state index in [1.165, 1.54) is 5.32 Å². The fraction of sp³-hybridized carbons (Fsp3) is 0.300. The van der Waals surface area contributed by atoms with E-state index in [0.29, 0.717) is 10.7 Å². The lowest BCUT2D eigenvalue weighted by Gasteiger charge is -2.16. The van der Waals surface area contributed by atoms with Crippen LogP contribution in [0.2, 0.25) is 5.02 Å². The number of halogens is 1. The summed E-state index contributed by atoms with van der Waals surface area (Å²) >= 11 is 5.81. The van der Waals surface area contributed by atoms with E-state index in [9.17, 15) is 14.7 Å². The molecular weight excluding hydrogens is 370 g/mol. The fourth-order valence-corrected chi connectivity index (χ4v) is 2.53. The molecule has 2 rings (SSSR count). The van der Waals surface area contributed by atoms with E-state index in [-0.39, 0.29) is 19.1 Å². The minimum atomic E-state index is -0.987. The Kier molecular flexibility index (Phi) is 7.79. The first-order valence-corrected chi connectivity index (χ1v) is 8.94. The van der Waals surface area contributed by atoms with Crippen molar-refractivity contribution in [1.29, 1.82) is 0 Å². The monoisotopic (exact) mass is 392 g/mol. The van der Waals surface area contributed by atoms with E-state index in [0.717, 1.165) is 11.1 Å². The molecule has 1 amide bonds. The van der Waals surface area contributed by atoms with Gasteiger partial charge in [0.1, 0.15) is 12.3 Å². The molecule has 0 aliphatic rings. The maximum atomic E-state index is 11.9. The van der Waals surface area contributed by atoms with Crippen LogP contribution >= 0.6 is 11.6 Å². The summed E-state index contributed by atoms with van der Waals surface area (Å²) < 4.78 is 10.6. The number of aliphatic carboxylic acids is 1. The highest BCUT2D eigenvalue weighted by Gasteiger charge is 2.20. The second kappa shape index (κ2) is 10.1. The normalized spacial score (nSPS) is 12.0. The zero-order valence-corrected chi connectivity index (χ0v) is 16.0. The summed E-state index contributed by atoms with van der Waals surface area (Å²) in [4.78, 5) is 23.1. The van der Waals surface area contributed by atoms with Crippen molar-refractivity contribution in [2.75, 3.05) is 0 Å². The van der Waals surface area contributed by atoms with Gasteiger partial charge < -0.3 is 14.6 Å². The Bertz CT molecular complexity index is 759. The van der Waals surface area contributed by atoms with Crippen molar-refractivity contribution in [2.24, 2.45) is 0 Å². The zero-order valence-electron chi connectivity index (χ0n) is 15.2. The number of amides is 1. The average Bonchev–Trinajstić information content (AvgIpc) is 2.62. The largest absolute Gasteiger partial charge is 0.518 e. The van der Waals surface area contributed by atoms with Gasteiger partial charge in [-0.15, -0.1) is 0 Å². The number of ether oxygens (including phenoxy) is 2. The van der Waals surface area contributed by atoms with Crippen LogP contribution in [0, 0.1) is 0 Å². The summed E-state index contributed by atoms with van der Waals surface area (Å²) in [5.74, 6) is -0.987. The van der Waals surface area contributed by atoms with Crippen LogP contribution in [0.25, 0.3) is 0 Å². The molecule has 0 aliphatic heterocycles. The third-order valence-corrected chi connectivity index (χ3v) is 3.94. The Morgan fingerprint density at radius 3 is 2.19 bits per heavy atom. The molecule has 0 spiro atoms. The molecule has 6 nitrogen and oxygen atoms in total. The molecule has 0 bridgehead atoms. The topological polar surface area (TPSA) is 89.4 Å². The molecule has 0 fully saturated rings. The molecular formula is C20H23ClNO5+. The maximum absolute atomic E-state index is 11.9. The van der Waals surface area contributed by atoms with Crippen molar-refractivity contribution in [3.05, 3.63) is 64.7 Å². The molecule has 0 aromatic heterocycles. The van der Waals surface area contributed by atoms with Gasteiger partial charge in [0.15, 0.2) is 6.10 Å². The number of primary amides is 1. The molecule has 0 heterocycles. The second-order valence-corrected chi connectivity index (χ2v) is 6.77. The van der Waals surface area contributed by atoms with Crippen LogP contribution in [0.15, 0.2) is 48.5 Å². The number of carbonyl (C=O) groups is 2. The van der Waals surface area contributed by atoms with Crippen molar-refractivity contribution in [2.45, 2.75) is 39.1 Å². The first-order chi connectivity index (χ1) is 12.8. The molecule has 1 unspecified atom stereocenters. The van der Waals surface area contributed by atoms with Crippen LogP contribution in [0.3, 0.4) is 0 Å². The first kappa shape index (κ1) is 20.9. The lowest BCUT2D eigenvalue weighted by molar-refractivity contribution is -0.483. The van der Waals surface area contributed by atoms with Gasteiger partial charge in [-0.25, -0.2) is 10.1 Å². The summed E-state index contributed by atoms with van der Waals surface area (Å²) in [5, 5.41) is 11.2. The minimum Gasteiger partial charge on any atom is -0.479 e. The standard InChI is InChI=1S/C20H22ClNO5/c1-13(2)27-18(19(23)24)11-14-3-5-15(6-4-14)12-26-20(25)22-17-9-7-16(21)8-10-17/h3-10,13,18H,11-12H2,1-2H3,(H,22,25)(H,23,24)/p+1. The minimum absolute atomic E-state index is 0.133. The molecule has 0 saturated carbocycles. The predicted molar refractivity (Wildman–Crippen MR) is 101 cm³/mol. The molecule has 27 heavy (non-hydrogen) atoms. The number of carbonyl (C=O) groups excluding carboxylic acids is 1. The Labute approximate surface area is 163 Å². The van der Waals surface area contributed by atoms with Gasteiger partial charge in [-0.2, -0.15) is 4.79 Å². The van der Waals surface area contributed by atoms with Gasteiger partial charge in [-0.05, 0) is 37.1 Å². The summed E-state index contributed by atoms with van der Waals surface area (Å²) in [6.07, 6.45) is -1.22. The Morgan fingerprint density at radius 2 is 1.63 bits per heavy atom. The highest BCUT2D eigenvalue weighted by molar-refractivity contribution is 6.30. The predicted octanol–water partition coefficient (Wildman–Crippen LogP) is 3.29. The van der Waals surface area contributed by atoms with Crippen LogP contribution in [-0.4, -0.2) is 29.4 Å². The molecule has 7 heteroatoms. The van der Waals surface area contributed by atoms with Gasteiger partial charge in [-0.3, -0.25) is 0 Å². The average molecular weight is 393 g/mol. The number of quaternary nitrogens is 1. The molecule has 2 aromatic carbocycles. The van der Waals surface area contributed by atoms with E-state index in [1.807, 2.05) is 12.1 Å². The van der Waals surface area contributed by atoms with Crippen LogP contribution in [-0.2, 0) is 27.3 Å². The van der Waals surface area contributed by atoms with Crippen LogP contribution in [0.4, 0.5) is 10.5 Å². The summed E-state index contributed by atoms with van der Waals surface area (Å²) in [6.45, 7) is 3.73. The van der Waals surface area contributed by atoms with Gasteiger partial charge in [0.2, 0.25) is 0 Å². The third-order valence-electron chi connectivity index (χ3n) is 3.69. The highest BCUT2D eigenvalue weighted by atomic mass is 35.5. The number of benzene rings is 2. The quantitative estimate of drug-likeness (QED) is 0.673. The van der Waals surface area contributed by atoms with Crippen molar-refractivity contribution in [3.63, 3.8) is 0 Å². The number of nitrogens with two attached hydrogens (primary N) is 1. The number of carboxylic acid groups (broad SMARTS) is 1. The maximum Gasteiger partial charge on any atom is 0.518 e. The number of carboxylic acids is 1. The summed E-state index contributed by atoms with van der Waals surface area (Å²) in [7, 11) is 0. The third kappa shape index (κ3) is 7.38. The van der Waals surface area contributed by atoms with Gasteiger partial charge >= 0.3 is 12.1 Å². The van der Waals surface area contributed by atoms with Gasteiger partial charge in [0.05, 0.1) is 6.10 Å². The lowest BCUT2D eigenvalue weighted by atomic mass is 10.1. The molecule has 0 saturated heterocycles. The van der Waals surface area contributed by atoms with Crippen molar-refractivity contribution < 1.29 is 29.5 Å². The van der Waals surface area contributed by atoms with E-state index in [4.69, 9.17) is 21.1 Å². The number of hydrogen-bond acceptors (Lipinski definition) is 4. The second-order valence-electron chi connectivity index (χ2n) is 6.34. The molecule has 3 N–H and O–H groups in total. The molecule has 2 aromatic rings. The van der Waals surface area contributed by atoms with Crippen molar-refractivity contribution in [1.82, 2.24) is 0 Å². The van der Waals surface area contributed by atoms with Crippen molar-refractivity contribution in [3.8, 4) is 0 Å². The Morgan fingerprint density at radius 1 is 1.04 bits per heavy atom. The fourth-order valence-electron chi connectivity index (χ4n) is 2.40.